The smallest absolute Gasteiger partial charge is 0.143 e. The Morgan fingerprint density at radius 1 is 0.593 bits per heavy atom. The average molecular weight is 793 g/mol. The van der Waals surface area contributed by atoms with Crippen molar-refractivity contribution in [1.82, 2.24) is 48.8 Å². The minimum Gasteiger partial charge on any atom is -0.355 e. The Hall–Kier alpha value is -4.88. The summed E-state index contributed by atoms with van der Waals surface area (Å²) in [6.45, 7) is 13.2. The average Bonchev–Trinajstić information content (AvgIpc) is 3.91. The molecule has 4 saturated heterocycles. The van der Waals surface area contributed by atoms with E-state index in [1.165, 1.54) is 58.2 Å². The van der Waals surface area contributed by atoms with Crippen LogP contribution in [-0.4, -0.2) is 110 Å². The summed E-state index contributed by atoms with van der Waals surface area (Å²) < 4.78 is 4.75. The number of imidazole rings is 2. The van der Waals surface area contributed by atoms with Crippen LogP contribution in [0.15, 0.2) is 79.4 Å². The van der Waals surface area contributed by atoms with Crippen LogP contribution >= 0.6 is 0 Å². The maximum absolute atomic E-state index is 5.53. The summed E-state index contributed by atoms with van der Waals surface area (Å²) in [5.74, 6) is 2.48. The van der Waals surface area contributed by atoms with Crippen molar-refractivity contribution in [3.05, 3.63) is 119 Å². The number of nitrogens with zero attached hydrogens (tertiary/aromatic N) is 11. The number of nitrogens with one attached hydrogen (secondary N) is 1. The topological polar surface area (TPSA) is 88.6 Å². The van der Waals surface area contributed by atoms with Gasteiger partial charge in [0.05, 0.1) is 46.9 Å². The normalized spacial score (nSPS) is 24.1. The second-order valence-electron chi connectivity index (χ2n) is 17.5. The van der Waals surface area contributed by atoms with Gasteiger partial charge in [0.25, 0.3) is 0 Å². The van der Waals surface area contributed by atoms with Gasteiger partial charge in [0, 0.05) is 89.3 Å². The SMILES string of the molecule is Cc1cccnc1[C@@H]1CCC[C@H](c2cn3c(N4CCN(Cc5ccc(N6CCNCC6)n6cc([C@H]7CCC[C@@H](c8ncccc8C)N7C)nc56)CC4)cccc3n2)N1C. The van der Waals surface area contributed by atoms with Crippen LogP contribution in [0.2, 0.25) is 0 Å². The van der Waals surface area contributed by atoms with Crippen LogP contribution in [-0.2, 0) is 6.54 Å². The second kappa shape index (κ2) is 16.3. The zero-order chi connectivity index (χ0) is 40.0. The van der Waals surface area contributed by atoms with Crippen molar-refractivity contribution in [3.63, 3.8) is 0 Å². The quantitative estimate of drug-likeness (QED) is 0.175. The van der Waals surface area contributed by atoms with Crippen LogP contribution in [0.25, 0.3) is 11.3 Å². The maximum Gasteiger partial charge on any atom is 0.143 e. The van der Waals surface area contributed by atoms with E-state index in [0.29, 0.717) is 12.1 Å². The lowest BCUT2D eigenvalue weighted by atomic mass is 9.91. The Morgan fingerprint density at radius 2 is 1.17 bits per heavy atom. The Bertz CT molecular complexity index is 2410. The van der Waals surface area contributed by atoms with Crippen molar-refractivity contribution in [2.24, 2.45) is 0 Å². The van der Waals surface area contributed by atoms with Crippen molar-refractivity contribution in [1.29, 1.82) is 0 Å². The number of piperazine rings is 2. The monoisotopic (exact) mass is 793 g/mol. The van der Waals surface area contributed by atoms with Crippen molar-refractivity contribution >= 4 is 22.9 Å². The van der Waals surface area contributed by atoms with E-state index < -0.39 is 0 Å². The fourth-order valence-corrected chi connectivity index (χ4v) is 10.7. The molecule has 0 amide bonds. The molecule has 59 heavy (non-hydrogen) atoms. The lowest BCUT2D eigenvalue weighted by molar-refractivity contribution is 0.109. The van der Waals surface area contributed by atoms with Gasteiger partial charge in [0.1, 0.15) is 22.9 Å². The van der Waals surface area contributed by atoms with Gasteiger partial charge in [-0.1, -0.05) is 24.3 Å². The summed E-state index contributed by atoms with van der Waals surface area (Å²) in [4.78, 5) is 33.2. The highest BCUT2D eigenvalue weighted by atomic mass is 15.3. The highest BCUT2D eigenvalue weighted by Gasteiger charge is 2.35. The molecule has 0 aromatic carbocycles. The molecular formula is C47H60N12. The summed E-state index contributed by atoms with van der Waals surface area (Å²) in [5, 5.41) is 3.54. The van der Waals surface area contributed by atoms with Crippen LogP contribution in [0, 0.1) is 13.8 Å². The number of anilines is 2. The minimum atomic E-state index is 0.249. The molecule has 0 saturated carbocycles. The van der Waals surface area contributed by atoms with Gasteiger partial charge in [-0.05, 0) is 108 Å². The number of hydrogen-bond donors (Lipinski definition) is 1. The predicted molar refractivity (Wildman–Crippen MR) is 235 cm³/mol. The Balaban J connectivity index is 0.875. The summed E-state index contributed by atoms with van der Waals surface area (Å²) in [6.07, 6.45) is 15.4. The van der Waals surface area contributed by atoms with Crippen LogP contribution in [0.4, 0.5) is 11.6 Å². The summed E-state index contributed by atoms with van der Waals surface area (Å²) >= 11 is 0. The van der Waals surface area contributed by atoms with Crippen molar-refractivity contribution < 1.29 is 0 Å². The lowest BCUT2D eigenvalue weighted by Crippen LogP contribution is -2.46. The Morgan fingerprint density at radius 3 is 1.81 bits per heavy atom. The van der Waals surface area contributed by atoms with E-state index in [-0.39, 0.29) is 12.1 Å². The highest BCUT2D eigenvalue weighted by Crippen LogP contribution is 2.42. The number of fused-ring (bicyclic) bond motifs is 2. The molecule has 1 N–H and O–H groups in total. The van der Waals surface area contributed by atoms with E-state index in [4.69, 9.17) is 19.9 Å². The van der Waals surface area contributed by atoms with Crippen molar-refractivity contribution in [3.8, 4) is 0 Å². The number of hydrogen-bond acceptors (Lipinski definition) is 10. The van der Waals surface area contributed by atoms with E-state index >= 15 is 0 Å². The molecule has 0 aliphatic carbocycles. The molecule has 4 aliphatic rings. The zero-order valence-electron chi connectivity index (χ0n) is 35.3. The first-order chi connectivity index (χ1) is 28.9. The van der Waals surface area contributed by atoms with E-state index in [9.17, 15) is 0 Å². The molecule has 0 radical (unpaired) electrons. The van der Waals surface area contributed by atoms with Crippen molar-refractivity contribution in [2.75, 3.05) is 76.3 Å². The van der Waals surface area contributed by atoms with Crippen LogP contribution in [0.5, 0.6) is 0 Å². The highest BCUT2D eigenvalue weighted by molar-refractivity contribution is 5.59. The van der Waals surface area contributed by atoms with Crippen molar-refractivity contribution in [2.45, 2.75) is 83.1 Å². The van der Waals surface area contributed by atoms with Gasteiger partial charge in [-0.15, -0.1) is 0 Å². The van der Waals surface area contributed by atoms with Gasteiger partial charge < -0.3 is 15.1 Å². The van der Waals surface area contributed by atoms with Gasteiger partial charge in [0.2, 0.25) is 0 Å². The number of aromatic nitrogens is 6. The molecule has 0 bridgehead atoms. The first-order valence-corrected chi connectivity index (χ1v) is 22.1. The maximum atomic E-state index is 5.53. The third kappa shape index (κ3) is 7.28. The second-order valence-corrected chi connectivity index (χ2v) is 17.5. The molecule has 10 heterocycles. The van der Waals surface area contributed by atoms with Gasteiger partial charge in [-0.2, -0.15) is 0 Å². The Labute approximate surface area is 348 Å². The molecule has 4 fully saturated rings. The number of rotatable bonds is 8. The number of aryl methyl sites for hydroxylation is 2. The number of likely N-dealkylation sites (tertiary alicyclic amines) is 2. The Kier molecular flexibility index (Phi) is 10.6. The first-order valence-electron chi connectivity index (χ1n) is 22.1. The largest absolute Gasteiger partial charge is 0.355 e. The molecule has 12 nitrogen and oxygen atoms in total. The summed E-state index contributed by atoms with van der Waals surface area (Å²) in [7, 11) is 4.54. The van der Waals surface area contributed by atoms with Crippen LogP contribution < -0.4 is 15.1 Å². The lowest BCUT2D eigenvalue weighted by Gasteiger charge is -2.39. The third-order valence-corrected chi connectivity index (χ3v) is 14.0. The van der Waals surface area contributed by atoms with Gasteiger partial charge in [-0.3, -0.25) is 33.5 Å². The zero-order valence-corrected chi connectivity index (χ0v) is 35.3. The fraction of sp³-hybridized carbons (Fsp3) is 0.489. The van der Waals surface area contributed by atoms with Gasteiger partial charge in [-0.25, -0.2) is 9.97 Å². The molecule has 6 aromatic heterocycles. The van der Waals surface area contributed by atoms with E-state index in [0.717, 1.165) is 102 Å². The number of piperidine rings is 2. The molecule has 4 atom stereocenters. The number of pyridine rings is 4. The third-order valence-electron chi connectivity index (χ3n) is 14.0. The van der Waals surface area contributed by atoms with Gasteiger partial charge >= 0.3 is 0 Å². The van der Waals surface area contributed by atoms with E-state index in [2.05, 4.69) is 121 Å². The minimum absolute atomic E-state index is 0.249. The van der Waals surface area contributed by atoms with E-state index in [1.807, 2.05) is 24.5 Å². The van der Waals surface area contributed by atoms with E-state index in [1.54, 1.807) is 0 Å². The molecule has 6 aromatic rings. The molecule has 0 unspecified atom stereocenters. The predicted octanol–water partition coefficient (Wildman–Crippen LogP) is 6.92. The molecule has 4 aliphatic heterocycles. The molecule has 308 valence electrons. The molecular weight excluding hydrogens is 733 g/mol. The molecule has 10 rings (SSSR count). The molecule has 0 spiro atoms. The summed E-state index contributed by atoms with van der Waals surface area (Å²) in [5.41, 5.74) is 10.7. The first kappa shape index (κ1) is 38.3. The standard InChI is InChI=1S/C47H60N12/c1-33-10-8-20-49-45(33)40-14-5-12-38(53(40)3)36-31-58-42(51-36)16-7-17-43(58)57-28-26-55(27-29-57)30-35-18-19-44(56-24-22-48-23-25-56)59-32-37(52-47(35)59)39-13-6-15-41(54(39)4)46-34(2)11-9-21-50-46/h7-11,16-21,31-32,38-41,48H,5-6,12-15,22-30H2,1-4H3/t38-,39-,40+,41+/m1/s1. The summed E-state index contributed by atoms with van der Waals surface area (Å²) in [6, 6.07) is 20.9. The fourth-order valence-electron chi connectivity index (χ4n) is 10.7. The van der Waals surface area contributed by atoms with Gasteiger partial charge in [0.15, 0.2) is 0 Å². The molecule has 12 heteroatoms. The van der Waals surface area contributed by atoms with Crippen LogP contribution in [0.3, 0.4) is 0 Å². The van der Waals surface area contributed by atoms with Crippen LogP contribution in [0.1, 0.15) is 102 Å².